The SMILES string of the molecule is CCCn1cc(-c2cc(Cl)c(N)c(C(F)(F)F)c2)cn1. The molecule has 2 N–H and O–H groups in total. The topological polar surface area (TPSA) is 43.8 Å². The molecule has 0 saturated heterocycles. The highest BCUT2D eigenvalue weighted by atomic mass is 35.5. The number of nitrogens with zero attached hydrogens (tertiary/aromatic N) is 2. The molecule has 0 unspecified atom stereocenters. The second-order valence-corrected chi connectivity index (χ2v) is 4.82. The van der Waals surface area contributed by atoms with Crippen molar-refractivity contribution in [1.82, 2.24) is 9.78 Å². The molecule has 0 aliphatic carbocycles. The number of aromatic nitrogens is 2. The number of anilines is 1. The van der Waals surface area contributed by atoms with Crippen molar-refractivity contribution in [3.63, 3.8) is 0 Å². The average molecular weight is 304 g/mol. The summed E-state index contributed by atoms with van der Waals surface area (Å²) in [6, 6.07) is 2.41. The number of nitrogens with two attached hydrogens (primary N) is 1. The lowest BCUT2D eigenvalue weighted by Gasteiger charge is -2.12. The monoisotopic (exact) mass is 303 g/mol. The van der Waals surface area contributed by atoms with E-state index in [-0.39, 0.29) is 5.02 Å². The second-order valence-electron chi connectivity index (χ2n) is 4.41. The molecule has 0 saturated carbocycles. The average Bonchev–Trinajstić information content (AvgIpc) is 2.80. The fraction of sp³-hybridized carbons (Fsp3) is 0.308. The number of alkyl halides is 3. The van der Waals surface area contributed by atoms with Crippen LogP contribution in [0.15, 0.2) is 24.5 Å². The number of rotatable bonds is 3. The van der Waals surface area contributed by atoms with Gasteiger partial charge in [-0.15, -0.1) is 0 Å². The normalized spacial score (nSPS) is 11.8. The molecule has 0 atom stereocenters. The van der Waals surface area contributed by atoms with E-state index < -0.39 is 17.4 Å². The minimum absolute atomic E-state index is 0.113. The van der Waals surface area contributed by atoms with Crippen LogP contribution in [0.25, 0.3) is 11.1 Å². The zero-order chi connectivity index (χ0) is 14.9. The van der Waals surface area contributed by atoms with E-state index in [0.29, 0.717) is 17.7 Å². The van der Waals surface area contributed by atoms with E-state index in [1.165, 1.54) is 12.3 Å². The van der Waals surface area contributed by atoms with Gasteiger partial charge in [0.15, 0.2) is 0 Å². The summed E-state index contributed by atoms with van der Waals surface area (Å²) < 4.78 is 40.3. The molecule has 1 aromatic heterocycles. The van der Waals surface area contributed by atoms with Crippen LogP contribution >= 0.6 is 11.6 Å². The Morgan fingerprint density at radius 1 is 1.30 bits per heavy atom. The van der Waals surface area contributed by atoms with Gasteiger partial charge in [-0.3, -0.25) is 4.68 Å². The van der Waals surface area contributed by atoms with Crippen LogP contribution < -0.4 is 5.73 Å². The van der Waals surface area contributed by atoms with Crippen molar-refractivity contribution in [1.29, 1.82) is 0 Å². The highest BCUT2D eigenvalue weighted by Crippen LogP contribution is 2.39. The van der Waals surface area contributed by atoms with E-state index in [1.54, 1.807) is 10.9 Å². The van der Waals surface area contributed by atoms with Crippen molar-refractivity contribution in [2.24, 2.45) is 0 Å². The van der Waals surface area contributed by atoms with Crippen molar-refractivity contribution < 1.29 is 13.2 Å². The Bertz CT molecular complexity index is 620. The van der Waals surface area contributed by atoms with Gasteiger partial charge >= 0.3 is 6.18 Å². The van der Waals surface area contributed by atoms with Crippen LogP contribution in [0.3, 0.4) is 0 Å². The summed E-state index contributed by atoms with van der Waals surface area (Å²) >= 11 is 5.79. The van der Waals surface area contributed by atoms with Crippen LogP contribution in [-0.2, 0) is 12.7 Å². The molecule has 0 amide bonds. The molecular weight excluding hydrogens is 291 g/mol. The smallest absolute Gasteiger partial charge is 0.397 e. The largest absolute Gasteiger partial charge is 0.418 e. The van der Waals surface area contributed by atoms with Crippen LogP contribution in [-0.4, -0.2) is 9.78 Å². The number of benzene rings is 1. The summed E-state index contributed by atoms with van der Waals surface area (Å²) in [5, 5.41) is 3.97. The Hall–Kier alpha value is -1.69. The van der Waals surface area contributed by atoms with Crippen LogP contribution in [0.5, 0.6) is 0 Å². The lowest BCUT2D eigenvalue weighted by molar-refractivity contribution is -0.136. The maximum atomic E-state index is 12.9. The summed E-state index contributed by atoms with van der Waals surface area (Å²) in [5.74, 6) is 0. The van der Waals surface area contributed by atoms with Gasteiger partial charge in [0, 0.05) is 18.3 Å². The van der Waals surface area contributed by atoms with E-state index in [9.17, 15) is 13.2 Å². The van der Waals surface area contributed by atoms with E-state index in [0.717, 1.165) is 12.5 Å². The molecule has 108 valence electrons. The molecule has 1 aromatic carbocycles. The van der Waals surface area contributed by atoms with Crippen molar-refractivity contribution >= 4 is 17.3 Å². The first-order valence-electron chi connectivity index (χ1n) is 6.02. The van der Waals surface area contributed by atoms with E-state index >= 15 is 0 Å². The van der Waals surface area contributed by atoms with Gasteiger partial charge in [0.25, 0.3) is 0 Å². The molecule has 0 spiro atoms. The number of halogens is 4. The molecule has 3 nitrogen and oxygen atoms in total. The Morgan fingerprint density at radius 2 is 2.00 bits per heavy atom. The van der Waals surface area contributed by atoms with E-state index in [2.05, 4.69) is 5.10 Å². The van der Waals surface area contributed by atoms with Crippen LogP contribution in [0, 0.1) is 0 Å². The fourth-order valence-electron chi connectivity index (χ4n) is 1.88. The summed E-state index contributed by atoms with van der Waals surface area (Å²) in [6.07, 6.45) is -0.455. The maximum absolute atomic E-state index is 12.9. The number of nitrogen functional groups attached to an aromatic ring is 1. The molecule has 0 aliphatic heterocycles. The molecule has 1 heterocycles. The number of aryl methyl sites for hydroxylation is 1. The third kappa shape index (κ3) is 2.90. The highest BCUT2D eigenvalue weighted by Gasteiger charge is 2.34. The van der Waals surface area contributed by atoms with Crippen molar-refractivity contribution in [2.45, 2.75) is 26.1 Å². The predicted octanol–water partition coefficient (Wildman–Crippen LogP) is 4.21. The second kappa shape index (κ2) is 5.36. The van der Waals surface area contributed by atoms with Crippen molar-refractivity contribution in [3.05, 3.63) is 35.1 Å². The Balaban J connectivity index is 2.49. The summed E-state index contributed by atoms with van der Waals surface area (Å²) in [7, 11) is 0. The molecule has 0 radical (unpaired) electrons. The van der Waals surface area contributed by atoms with Gasteiger partial charge in [-0.25, -0.2) is 0 Å². The third-order valence-corrected chi connectivity index (χ3v) is 3.17. The van der Waals surface area contributed by atoms with Gasteiger partial charge in [-0.2, -0.15) is 18.3 Å². The Labute approximate surface area is 119 Å². The van der Waals surface area contributed by atoms with Gasteiger partial charge in [0.05, 0.1) is 22.5 Å². The van der Waals surface area contributed by atoms with Gasteiger partial charge < -0.3 is 5.73 Å². The lowest BCUT2D eigenvalue weighted by atomic mass is 10.0. The highest BCUT2D eigenvalue weighted by molar-refractivity contribution is 6.33. The summed E-state index contributed by atoms with van der Waals surface area (Å²) in [6.45, 7) is 2.69. The molecule has 7 heteroatoms. The first-order chi connectivity index (χ1) is 9.32. The summed E-state index contributed by atoms with van der Waals surface area (Å²) in [4.78, 5) is 0. The molecule has 0 fully saturated rings. The van der Waals surface area contributed by atoms with E-state index in [4.69, 9.17) is 17.3 Å². The summed E-state index contributed by atoms with van der Waals surface area (Å²) in [5.41, 5.74) is 4.93. The van der Waals surface area contributed by atoms with Crippen molar-refractivity contribution in [3.8, 4) is 11.1 Å². The zero-order valence-corrected chi connectivity index (χ0v) is 11.5. The van der Waals surface area contributed by atoms with Crippen LogP contribution in [0.2, 0.25) is 5.02 Å². The van der Waals surface area contributed by atoms with Crippen LogP contribution in [0.4, 0.5) is 18.9 Å². The van der Waals surface area contributed by atoms with E-state index in [1.807, 2.05) is 6.92 Å². The fourth-order valence-corrected chi connectivity index (χ4v) is 2.10. The zero-order valence-electron chi connectivity index (χ0n) is 10.7. The van der Waals surface area contributed by atoms with Crippen molar-refractivity contribution in [2.75, 3.05) is 5.73 Å². The third-order valence-electron chi connectivity index (χ3n) is 2.85. The van der Waals surface area contributed by atoms with Gasteiger partial charge in [0.2, 0.25) is 0 Å². The Morgan fingerprint density at radius 3 is 2.60 bits per heavy atom. The standard InChI is InChI=1S/C13H13ClF3N3/c1-2-3-20-7-9(6-19-20)8-4-10(13(15,16)17)12(18)11(14)5-8/h4-7H,2-3,18H2,1H3. The first kappa shape index (κ1) is 14.7. The van der Waals surface area contributed by atoms with Gasteiger partial charge in [0.1, 0.15) is 0 Å². The lowest BCUT2D eigenvalue weighted by Crippen LogP contribution is -2.09. The quantitative estimate of drug-likeness (QED) is 0.863. The minimum Gasteiger partial charge on any atom is -0.397 e. The number of hydrogen-bond acceptors (Lipinski definition) is 2. The molecule has 2 rings (SSSR count). The van der Waals surface area contributed by atoms with Crippen LogP contribution in [0.1, 0.15) is 18.9 Å². The van der Waals surface area contributed by atoms with Gasteiger partial charge in [-0.05, 0) is 24.1 Å². The molecule has 2 aromatic rings. The maximum Gasteiger partial charge on any atom is 0.418 e. The molecule has 20 heavy (non-hydrogen) atoms. The first-order valence-corrected chi connectivity index (χ1v) is 6.39. The minimum atomic E-state index is -4.54. The molecule has 0 aliphatic rings. The Kier molecular flexibility index (Phi) is 3.94. The molecule has 0 bridgehead atoms. The number of hydrogen-bond donors (Lipinski definition) is 1. The molecular formula is C13H13ClF3N3. The predicted molar refractivity (Wildman–Crippen MR) is 72.4 cm³/mol. The van der Waals surface area contributed by atoms with Gasteiger partial charge in [-0.1, -0.05) is 18.5 Å².